The molecule has 19 heavy (non-hydrogen) atoms. The van der Waals surface area contributed by atoms with E-state index in [4.69, 9.17) is 5.11 Å². The molecule has 0 aliphatic rings. The Hall–Kier alpha value is -2.02. The van der Waals surface area contributed by atoms with Crippen molar-refractivity contribution in [2.75, 3.05) is 0 Å². The minimum atomic E-state index is -4.77. The molecule has 0 unspecified atom stereocenters. The molecule has 0 atom stereocenters. The van der Waals surface area contributed by atoms with Crippen LogP contribution in [-0.2, 0) is 0 Å². The number of aromatic carboxylic acids is 1. The van der Waals surface area contributed by atoms with Gasteiger partial charge in [-0.3, -0.25) is 0 Å². The highest BCUT2D eigenvalue weighted by Gasteiger charge is 2.31. The van der Waals surface area contributed by atoms with Gasteiger partial charge < -0.3 is 9.84 Å². The van der Waals surface area contributed by atoms with E-state index in [1.54, 1.807) is 11.4 Å². The molecule has 7 heteroatoms. The summed E-state index contributed by atoms with van der Waals surface area (Å²) in [6.07, 6.45) is -4.77. The minimum Gasteiger partial charge on any atom is -0.477 e. The molecule has 2 rings (SSSR count). The number of hydrogen-bond donors (Lipinski definition) is 1. The molecule has 0 amide bonds. The van der Waals surface area contributed by atoms with Gasteiger partial charge >= 0.3 is 12.3 Å². The average molecular weight is 288 g/mol. The van der Waals surface area contributed by atoms with Crippen LogP contribution in [0, 0.1) is 0 Å². The maximum Gasteiger partial charge on any atom is 0.573 e. The summed E-state index contributed by atoms with van der Waals surface area (Å²) in [6.45, 7) is 0. The van der Waals surface area contributed by atoms with Crippen LogP contribution in [0.5, 0.6) is 5.75 Å². The molecular weight excluding hydrogens is 281 g/mol. The van der Waals surface area contributed by atoms with Gasteiger partial charge in [0.2, 0.25) is 0 Å². The van der Waals surface area contributed by atoms with Crippen LogP contribution in [0.2, 0.25) is 0 Å². The van der Waals surface area contributed by atoms with E-state index in [0.29, 0.717) is 11.1 Å². The van der Waals surface area contributed by atoms with Crippen LogP contribution in [0.1, 0.15) is 9.67 Å². The van der Waals surface area contributed by atoms with E-state index >= 15 is 0 Å². The maximum absolute atomic E-state index is 12.1. The summed E-state index contributed by atoms with van der Waals surface area (Å²) < 4.78 is 40.1. The molecule has 0 bridgehead atoms. The Morgan fingerprint density at radius 3 is 2.63 bits per heavy atom. The second-order valence-corrected chi connectivity index (χ2v) is 4.46. The zero-order valence-corrected chi connectivity index (χ0v) is 10.1. The molecule has 1 aromatic heterocycles. The summed E-state index contributed by atoms with van der Waals surface area (Å²) in [5.74, 6) is -1.50. The van der Waals surface area contributed by atoms with E-state index in [1.807, 2.05) is 0 Å². The largest absolute Gasteiger partial charge is 0.573 e. The van der Waals surface area contributed by atoms with Crippen molar-refractivity contribution in [2.24, 2.45) is 0 Å². The second kappa shape index (κ2) is 4.93. The van der Waals surface area contributed by atoms with Gasteiger partial charge in [0, 0.05) is 5.56 Å². The maximum atomic E-state index is 12.1. The van der Waals surface area contributed by atoms with Crippen molar-refractivity contribution in [1.29, 1.82) is 0 Å². The third-order valence-corrected chi connectivity index (χ3v) is 3.14. The summed E-state index contributed by atoms with van der Waals surface area (Å²) >= 11 is 1.01. The monoisotopic (exact) mass is 288 g/mol. The van der Waals surface area contributed by atoms with E-state index in [2.05, 4.69) is 4.74 Å². The van der Waals surface area contributed by atoms with Gasteiger partial charge in [0.05, 0.1) is 0 Å². The quantitative estimate of drug-likeness (QED) is 0.928. The van der Waals surface area contributed by atoms with Gasteiger partial charge in [-0.05, 0) is 29.1 Å². The standard InChI is InChI=1S/C12H7F3O3S/c13-12(14,15)18-8-3-1-2-7(6-8)9-4-5-19-10(9)11(16)17/h1-6H,(H,16,17). The lowest BCUT2D eigenvalue weighted by atomic mass is 10.1. The highest BCUT2D eigenvalue weighted by molar-refractivity contribution is 7.12. The Morgan fingerprint density at radius 2 is 2.00 bits per heavy atom. The van der Waals surface area contributed by atoms with Gasteiger partial charge in [0.15, 0.2) is 0 Å². The fourth-order valence-corrected chi connectivity index (χ4v) is 2.32. The van der Waals surface area contributed by atoms with E-state index in [-0.39, 0.29) is 10.6 Å². The molecule has 1 aromatic carbocycles. The van der Waals surface area contributed by atoms with E-state index in [9.17, 15) is 18.0 Å². The highest BCUT2D eigenvalue weighted by atomic mass is 32.1. The molecular formula is C12H7F3O3S. The van der Waals surface area contributed by atoms with Gasteiger partial charge in [-0.1, -0.05) is 12.1 Å². The number of alkyl halides is 3. The smallest absolute Gasteiger partial charge is 0.477 e. The van der Waals surface area contributed by atoms with Crippen molar-refractivity contribution in [3.63, 3.8) is 0 Å². The van der Waals surface area contributed by atoms with Crippen molar-refractivity contribution in [2.45, 2.75) is 6.36 Å². The minimum absolute atomic E-state index is 0.0733. The van der Waals surface area contributed by atoms with Crippen LogP contribution >= 0.6 is 11.3 Å². The summed E-state index contributed by atoms with van der Waals surface area (Å²) in [6, 6.07) is 6.75. The van der Waals surface area contributed by atoms with Gasteiger partial charge in [0.1, 0.15) is 10.6 Å². The normalized spacial score (nSPS) is 11.3. The fourth-order valence-electron chi connectivity index (χ4n) is 1.56. The SMILES string of the molecule is O=C(O)c1sccc1-c1cccc(OC(F)(F)F)c1. The molecule has 0 aliphatic heterocycles. The Kier molecular flexibility index (Phi) is 3.48. The van der Waals surface area contributed by atoms with Crippen LogP contribution in [0.4, 0.5) is 13.2 Å². The van der Waals surface area contributed by atoms with Crippen LogP contribution in [0.25, 0.3) is 11.1 Å². The topological polar surface area (TPSA) is 46.5 Å². The molecule has 0 aliphatic carbocycles. The van der Waals surface area contributed by atoms with Crippen molar-refractivity contribution in [1.82, 2.24) is 0 Å². The number of hydrogen-bond acceptors (Lipinski definition) is 3. The van der Waals surface area contributed by atoms with E-state index in [1.165, 1.54) is 12.1 Å². The number of carboxylic acids is 1. The molecule has 2 aromatic rings. The molecule has 0 fully saturated rings. The molecule has 0 spiro atoms. The molecule has 3 nitrogen and oxygen atoms in total. The van der Waals surface area contributed by atoms with Crippen molar-refractivity contribution >= 4 is 17.3 Å². The molecule has 100 valence electrons. The van der Waals surface area contributed by atoms with Gasteiger partial charge in [-0.2, -0.15) is 0 Å². The predicted octanol–water partition coefficient (Wildman–Crippen LogP) is 4.01. The lowest BCUT2D eigenvalue weighted by Gasteiger charge is -2.09. The summed E-state index contributed by atoms with van der Waals surface area (Å²) in [7, 11) is 0. The highest BCUT2D eigenvalue weighted by Crippen LogP contribution is 2.32. The third-order valence-electron chi connectivity index (χ3n) is 2.24. The van der Waals surface area contributed by atoms with Crippen LogP contribution in [0.15, 0.2) is 35.7 Å². The predicted molar refractivity (Wildman–Crippen MR) is 63.4 cm³/mol. The summed E-state index contributed by atoms with van der Waals surface area (Å²) in [4.78, 5) is 11.0. The molecule has 1 N–H and O–H groups in total. The fraction of sp³-hybridized carbons (Fsp3) is 0.0833. The van der Waals surface area contributed by atoms with Crippen LogP contribution < -0.4 is 4.74 Å². The van der Waals surface area contributed by atoms with Crippen molar-refractivity contribution in [3.05, 3.63) is 40.6 Å². The Labute approximate surface area is 109 Å². The van der Waals surface area contributed by atoms with Crippen LogP contribution in [-0.4, -0.2) is 17.4 Å². The first kappa shape index (κ1) is 13.4. The number of carbonyl (C=O) groups is 1. The first-order valence-electron chi connectivity index (χ1n) is 5.04. The van der Waals surface area contributed by atoms with Crippen molar-refractivity contribution in [3.8, 4) is 16.9 Å². The molecule has 1 heterocycles. The van der Waals surface area contributed by atoms with Gasteiger partial charge in [-0.25, -0.2) is 4.79 Å². The van der Waals surface area contributed by atoms with E-state index in [0.717, 1.165) is 23.5 Å². The van der Waals surface area contributed by atoms with Gasteiger partial charge in [-0.15, -0.1) is 24.5 Å². The Bertz CT molecular complexity index is 604. The number of thiophene rings is 1. The third kappa shape index (κ3) is 3.25. The molecule has 0 radical (unpaired) electrons. The first-order chi connectivity index (χ1) is 8.87. The van der Waals surface area contributed by atoms with Crippen LogP contribution in [0.3, 0.4) is 0 Å². The summed E-state index contributed by atoms with van der Waals surface area (Å²) in [5, 5.41) is 10.5. The van der Waals surface area contributed by atoms with E-state index < -0.39 is 12.3 Å². The number of benzene rings is 1. The van der Waals surface area contributed by atoms with Crippen molar-refractivity contribution < 1.29 is 27.8 Å². The lowest BCUT2D eigenvalue weighted by molar-refractivity contribution is -0.274. The zero-order chi connectivity index (χ0) is 14.0. The Morgan fingerprint density at radius 1 is 1.26 bits per heavy atom. The molecule has 0 saturated heterocycles. The number of carboxylic acid groups (broad SMARTS) is 1. The zero-order valence-electron chi connectivity index (χ0n) is 9.27. The van der Waals surface area contributed by atoms with Gasteiger partial charge in [0.25, 0.3) is 0 Å². The Balaban J connectivity index is 2.38. The number of halogens is 3. The number of ether oxygens (including phenoxy) is 1. The second-order valence-electron chi connectivity index (χ2n) is 3.54. The lowest BCUT2D eigenvalue weighted by Crippen LogP contribution is -2.17. The number of rotatable bonds is 3. The average Bonchev–Trinajstić information content (AvgIpc) is 2.75. The molecule has 0 saturated carbocycles. The summed E-state index contributed by atoms with van der Waals surface area (Å²) in [5.41, 5.74) is 0.727. The first-order valence-corrected chi connectivity index (χ1v) is 5.92.